The summed E-state index contributed by atoms with van der Waals surface area (Å²) < 4.78 is 59.4. The summed E-state index contributed by atoms with van der Waals surface area (Å²) in [5, 5.41) is 2.87. The van der Waals surface area contributed by atoms with Gasteiger partial charge in [0.05, 0.1) is 28.1 Å². The number of halogens is 2. The molecule has 0 aliphatic rings. The van der Waals surface area contributed by atoms with E-state index in [-0.39, 0.29) is 34.8 Å². The van der Waals surface area contributed by atoms with Crippen LogP contribution in [-0.4, -0.2) is 36.3 Å². The maximum atomic E-state index is 14.5. The van der Waals surface area contributed by atoms with E-state index in [1.807, 2.05) is 31.4 Å². The van der Waals surface area contributed by atoms with Gasteiger partial charge in [0.1, 0.15) is 6.67 Å². The number of fused-ring (bicyclic) bond motifs is 1. The molecule has 10 heteroatoms. The average molecular weight is 574 g/mol. The molecule has 1 N–H and O–H groups in total. The third-order valence-corrected chi connectivity index (χ3v) is 8.05. The van der Waals surface area contributed by atoms with Crippen molar-refractivity contribution in [3.05, 3.63) is 77.6 Å². The van der Waals surface area contributed by atoms with Gasteiger partial charge in [-0.3, -0.25) is 4.79 Å². The summed E-state index contributed by atoms with van der Waals surface area (Å²) in [4.78, 5) is 17.8. The minimum Gasteiger partial charge on any atom is -0.477 e. The van der Waals surface area contributed by atoms with E-state index in [4.69, 9.17) is 9.72 Å². The molecule has 0 unspecified atom stereocenters. The van der Waals surface area contributed by atoms with E-state index in [1.165, 1.54) is 12.1 Å². The number of hydrogen-bond donors (Lipinski definition) is 1. The summed E-state index contributed by atoms with van der Waals surface area (Å²) in [5.74, 6) is -0.506. The molecule has 0 fully saturated rings. The summed E-state index contributed by atoms with van der Waals surface area (Å²) in [6.07, 6.45) is 2.97. The highest BCUT2D eigenvalue weighted by Gasteiger charge is 2.32. The van der Waals surface area contributed by atoms with Crippen molar-refractivity contribution in [3.63, 3.8) is 0 Å². The second kappa shape index (κ2) is 12.8. The van der Waals surface area contributed by atoms with Gasteiger partial charge in [0.2, 0.25) is 5.91 Å². The number of hydrogen-bond acceptors (Lipinski definition) is 5. The number of aromatic nitrogens is 2. The molecule has 2 aromatic carbocycles. The second-order valence-electron chi connectivity index (χ2n) is 10.2. The van der Waals surface area contributed by atoms with Gasteiger partial charge in [-0.25, -0.2) is 22.2 Å². The average Bonchev–Trinajstić information content (AvgIpc) is 3.29. The van der Waals surface area contributed by atoms with Gasteiger partial charge in [-0.2, -0.15) is 0 Å². The molecular formula is C30H37F2N3O4S. The number of imidazole rings is 1. The van der Waals surface area contributed by atoms with Gasteiger partial charge in [0, 0.05) is 11.7 Å². The number of amides is 1. The number of ether oxygens (including phenoxy) is 1. The summed E-state index contributed by atoms with van der Waals surface area (Å²) in [6.45, 7) is 10.0. The topological polar surface area (TPSA) is 90.3 Å². The second-order valence-corrected chi connectivity index (χ2v) is 12.4. The lowest BCUT2D eigenvalue weighted by Crippen LogP contribution is -2.27. The minimum atomic E-state index is -3.31. The normalized spacial score (nSPS) is 13.2. The predicted octanol–water partition coefficient (Wildman–Crippen LogP) is 6.96. The van der Waals surface area contributed by atoms with Crippen LogP contribution in [0.5, 0.6) is 0 Å². The van der Waals surface area contributed by atoms with Crippen molar-refractivity contribution in [1.29, 1.82) is 0 Å². The van der Waals surface area contributed by atoms with Gasteiger partial charge in [-0.15, -0.1) is 0 Å². The first-order chi connectivity index (χ1) is 18.8. The molecule has 0 radical (unpaired) electrons. The van der Waals surface area contributed by atoms with Crippen molar-refractivity contribution in [2.45, 2.75) is 70.9 Å². The van der Waals surface area contributed by atoms with E-state index in [1.54, 1.807) is 51.1 Å². The number of nitrogens with zero attached hydrogens (tertiary/aromatic N) is 2. The number of anilines is 1. The molecule has 3 rings (SSSR count). The molecule has 0 saturated heterocycles. The molecular weight excluding hydrogens is 536 g/mol. The van der Waals surface area contributed by atoms with Crippen molar-refractivity contribution < 1.29 is 26.7 Å². The Labute approximate surface area is 234 Å². The van der Waals surface area contributed by atoms with Crippen molar-refractivity contribution >= 4 is 32.5 Å². The van der Waals surface area contributed by atoms with Gasteiger partial charge in [-0.1, -0.05) is 26.0 Å². The number of allylic oxidation sites excluding steroid dienone is 3. The summed E-state index contributed by atoms with van der Waals surface area (Å²) in [5.41, 5.74) is 1.60. The lowest BCUT2D eigenvalue weighted by atomic mass is 10.1. The lowest BCUT2D eigenvalue weighted by molar-refractivity contribution is -0.115. The van der Waals surface area contributed by atoms with Crippen LogP contribution in [0.1, 0.15) is 65.4 Å². The Morgan fingerprint density at radius 1 is 1.12 bits per heavy atom. The molecule has 1 aromatic heterocycles. The van der Waals surface area contributed by atoms with Crippen molar-refractivity contribution in [1.82, 2.24) is 9.55 Å². The van der Waals surface area contributed by atoms with E-state index < -0.39 is 27.9 Å². The number of alkyl halides is 1. The Morgan fingerprint density at radius 3 is 2.38 bits per heavy atom. The maximum absolute atomic E-state index is 14.5. The smallest absolute Gasteiger partial charge is 0.228 e. The predicted molar refractivity (Wildman–Crippen MR) is 154 cm³/mol. The summed E-state index contributed by atoms with van der Waals surface area (Å²) in [7, 11) is -3.31. The van der Waals surface area contributed by atoms with Crippen LogP contribution < -0.4 is 5.32 Å². The van der Waals surface area contributed by atoms with Gasteiger partial charge in [-0.05, 0) is 82.2 Å². The van der Waals surface area contributed by atoms with E-state index in [9.17, 15) is 22.0 Å². The fourth-order valence-electron chi connectivity index (χ4n) is 4.36. The van der Waals surface area contributed by atoms with Gasteiger partial charge < -0.3 is 14.6 Å². The third kappa shape index (κ3) is 7.15. The van der Waals surface area contributed by atoms with Crippen LogP contribution in [0.2, 0.25) is 0 Å². The SMILES string of the molecule is CCC=C(OC(C)(C)c1nc2cc(NC(=O)Cc3ccc(S(=O)(=O)CC)cc3)ccc2n1C(C)C)C(F)=CCF. The summed E-state index contributed by atoms with van der Waals surface area (Å²) in [6, 6.07) is 11.7. The Bertz CT molecular complexity index is 1520. The fourth-order valence-corrected chi connectivity index (χ4v) is 5.24. The summed E-state index contributed by atoms with van der Waals surface area (Å²) >= 11 is 0. The molecule has 0 saturated carbocycles. The molecule has 0 aliphatic heterocycles. The van der Waals surface area contributed by atoms with Crippen LogP contribution in [0.15, 0.2) is 71.1 Å². The molecule has 7 nitrogen and oxygen atoms in total. The largest absolute Gasteiger partial charge is 0.477 e. The van der Waals surface area contributed by atoms with Gasteiger partial charge in [0.15, 0.2) is 32.8 Å². The number of nitrogens with one attached hydrogen (secondary N) is 1. The number of rotatable bonds is 12. The maximum Gasteiger partial charge on any atom is 0.228 e. The zero-order chi connectivity index (χ0) is 29.7. The van der Waals surface area contributed by atoms with Crippen LogP contribution in [0.4, 0.5) is 14.5 Å². The third-order valence-electron chi connectivity index (χ3n) is 6.30. The first kappa shape index (κ1) is 31.0. The standard InChI is InChI=1S/C30H37F2N3O4S/c1-7-9-27(24(32)16-17-31)39-30(5,6)29-34-25-19-22(12-15-26(25)35(29)20(3)4)33-28(36)18-21-10-13-23(14-11-21)40(37,38)8-2/h9-16,19-20H,7-8,17-18H2,1-6H3,(H,33,36). The van der Waals surface area contributed by atoms with E-state index in [2.05, 4.69) is 5.32 Å². The highest BCUT2D eigenvalue weighted by molar-refractivity contribution is 7.91. The van der Waals surface area contributed by atoms with E-state index >= 15 is 0 Å². The number of carbonyl (C=O) groups is 1. The minimum absolute atomic E-state index is 0.00681. The van der Waals surface area contributed by atoms with E-state index in [0.29, 0.717) is 29.0 Å². The molecule has 1 amide bonds. The van der Waals surface area contributed by atoms with Crippen molar-refractivity contribution in [3.8, 4) is 0 Å². The van der Waals surface area contributed by atoms with Gasteiger partial charge in [0.25, 0.3) is 0 Å². The Balaban J connectivity index is 1.87. The van der Waals surface area contributed by atoms with Crippen LogP contribution >= 0.6 is 0 Å². The van der Waals surface area contributed by atoms with Gasteiger partial charge >= 0.3 is 0 Å². The Kier molecular flexibility index (Phi) is 9.89. The van der Waals surface area contributed by atoms with Crippen LogP contribution in [0, 0.1) is 0 Å². The monoisotopic (exact) mass is 573 g/mol. The zero-order valence-corrected chi connectivity index (χ0v) is 24.6. The first-order valence-corrected chi connectivity index (χ1v) is 14.9. The first-order valence-electron chi connectivity index (χ1n) is 13.3. The highest BCUT2D eigenvalue weighted by Crippen LogP contribution is 2.35. The van der Waals surface area contributed by atoms with Crippen LogP contribution in [-0.2, 0) is 31.4 Å². The Hall–Kier alpha value is -3.53. The molecule has 3 aromatic rings. The lowest BCUT2D eigenvalue weighted by Gasteiger charge is -2.29. The fraction of sp³-hybridized carbons (Fsp3) is 0.400. The number of benzene rings is 2. The quantitative estimate of drug-likeness (QED) is 0.187. The molecule has 0 spiro atoms. The molecule has 40 heavy (non-hydrogen) atoms. The zero-order valence-electron chi connectivity index (χ0n) is 23.8. The van der Waals surface area contributed by atoms with Crippen molar-refractivity contribution in [2.24, 2.45) is 0 Å². The molecule has 0 atom stereocenters. The number of sulfone groups is 1. The molecule has 0 aliphatic carbocycles. The Morgan fingerprint density at radius 2 is 1.80 bits per heavy atom. The van der Waals surface area contributed by atoms with Crippen molar-refractivity contribution in [2.75, 3.05) is 17.7 Å². The van der Waals surface area contributed by atoms with Crippen LogP contribution in [0.25, 0.3) is 11.0 Å². The molecule has 0 bridgehead atoms. The van der Waals surface area contributed by atoms with Crippen LogP contribution in [0.3, 0.4) is 0 Å². The highest BCUT2D eigenvalue weighted by atomic mass is 32.2. The molecule has 216 valence electrons. The number of carbonyl (C=O) groups excluding carboxylic acids is 1. The van der Waals surface area contributed by atoms with E-state index in [0.717, 1.165) is 11.6 Å². The molecule has 1 heterocycles.